The Morgan fingerprint density at radius 1 is 1.14 bits per heavy atom. The molecule has 1 amide bonds. The second kappa shape index (κ2) is 7.71. The summed E-state index contributed by atoms with van der Waals surface area (Å²) in [6.07, 6.45) is 5.37. The highest BCUT2D eigenvalue weighted by Gasteiger charge is 2.11. The van der Waals surface area contributed by atoms with Crippen LogP contribution < -0.4 is 5.43 Å². The maximum Gasteiger partial charge on any atom is 0.271 e. The Labute approximate surface area is 168 Å². The molecule has 0 saturated carbocycles. The Bertz CT molecular complexity index is 1190. The smallest absolute Gasteiger partial charge is 0.271 e. The van der Waals surface area contributed by atoms with Crippen LogP contribution in [-0.4, -0.2) is 30.7 Å². The molecule has 4 rings (SSSR count). The lowest BCUT2D eigenvalue weighted by Crippen LogP contribution is -2.19. The number of amides is 1. The van der Waals surface area contributed by atoms with Crippen LogP contribution in [0.5, 0.6) is 0 Å². The van der Waals surface area contributed by atoms with Gasteiger partial charge in [0.2, 0.25) is 0 Å². The van der Waals surface area contributed by atoms with Gasteiger partial charge < -0.3 is 9.13 Å². The topological polar surface area (TPSA) is 77.1 Å². The number of nitrogens with one attached hydrogen (secondary N) is 1. The summed E-state index contributed by atoms with van der Waals surface area (Å²) in [5.41, 5.74) is 7.68. The minimum absolute atomic E-state index is 0.259. The fourth-order valence-electron chi connectivity index (χ4n) is 3.34. The van der Waals surface area contributed by atoms with E-state index in [-0.39, 0.29) is 5.91 Å². The van der Waals surface area contributed by atoms with Gasteiger partial charge in [0.25, 0.3) is 5.91 Å². The Morgan fingerprint density at radius 2 is 1.90 bits per heavy atom. The number of hydrogen-bond acceptors (Lipinski definition) is 4. The predicted octanol–water partition coefficient (Wildman–Crippen LogP) is 3.70. The van der Waals surface area contributed by atoms with Crippen molar-refractivity contribution in [2.24, 2.45) is 5.10 Å². The van der Waals surface area contributed by atoms with E-state index in [0.717, 1.165) is 40.4 Å². The molecule has 2 aromatic heterocycles. The first kappa shape index (κ1) is 18.6. The van der Waals surface area contributed by atoms with Gasteiger partial charge >= 0.3 is 0 Å². The molecular weight excluding hydrogens is 364 g/mol. The molecule has 0 spiro atoms. The summed E-state index contributed by atoms with van der Waals surface area (Å²) in [6.45, 7) is 6.75. The summed E-state index contributed by atoms with van der Waals surface area (Å²) in [5, 5.41) is 4.25. The zero-order valence-electron chi connectivity index (χ0n) is 16.6. The molecule has 2 heterocycles. The van der Waals surface area contributed by atoms with Crippen LogP contribution in [0.2, 0.25) is 0 Å². The van der Waals surface area contributed by atoms with Gasteiger partial charge in [-0.1, -0.05) is 12.1 Å². The number of imidazole rings is 2. The van der Waals surface area contributed by atoms with Crippen LogP contribution in [0, 0.1) is 6.92 Å². The SMILES string of the molecule is CCn1c(C)nc2cc(C(=O)NN=C(C)c3ccc(-n4ccnc4)cc3)ccc21. The fraction of sp³-hybridized carbons (Fsp3) is 0.182. The zero-order valence-corrected chi connectivity index (χ0v) is 16.6. The number of aryl methyl sites for hydroxylation is 2. The van der Waals surface area contributed by atoms with Gasteiger partial charge in [-0.2, -0.15) is 5.10 Å². The van der Waals surface area contributed by atoms with E-state index in [0.29, 0.717) is 5.56 Å². The third kappa shape index (κ3) is 3.67. The summed E-state index contributed by atoms with van der Waals surface area (Å²) in [4.78, 5) is 21.1. The van der Waals surface area contributed by atoms with E-state index in [1.54, 1.807) is 24.7 Å². The van der Waals surface area contributed by atoms with Crippen molar-refractivity contribution < 1.29 is 4.79 Å². The number of fused-ring (bicyclic) bond motifs is 1. The number of carbonyl (C=O) groups is 1. The fourth-order valence-corrected chi connectivity index (χ4v) is 3.34. The predicted molar refractivity (Wildman–Crippen MR) is 113 cm³/mol. The third-order valence-corrected chi connectivity index (χ3v) is 4.93. The number of hydrazone groups is 1. The minimum Gasteiger partial charge on any atom is -0.329 e. The van der Waals surface area contributed by atoms with Crippen LogP contribution in [0.15, 0.2) is 66.3 Å². The van der Waals surface area contributed by atoms with E-state index in [1.807, 2.05) is 54.9 Å². The van der Waals surface area contributed by atoms with Crippen LogP contribution in [0.1, 0.15) is 35.6 Å². The van der Waals surface area contributed by atoms with Crippen molar-refractivity contribution in [2.75, 3.05) is 0 Å². The molecule has 0 aliphatic rings. The van der Waals surface area contributed by atoms with E-state index in [4.69, 9.17) is 0 Å². The van der Waals surface area contributed by atoms with Crippen molar-refractivity contribution in [3.05, 3.63) is 78.1 Å². The normalized spacial score (nSPS) is 11.8. The molecule has 1 N–H and O–H groups in total. The van der Waals surface area contributed by atoms with Crippen LogP contribution in [0.4, 0.5) is 0 Å². The maximum absolute atomic E-state index is 12.5. The largest absolute Gasteiger partial charge is 0.329 e. The highest BCUT2D eigenvalue weighted by molar-refractivity contribution is 6.01. The first-order chi connectivity index (χ1) is 14.1. The molecule has 0 atom stereocenters. The minimum atomic E-state index is -0.259. The number of rotatable bonds is 5. The van der Waals surface area contributed by atoms with Gasteiger partial charge in [0.1, 0.15) is 5.82 Å². The van der Waals surface area contributed by atoms with Crippen LogP contribution in [-0.2, 0) is 6.54 Å². The molecule has 0 aliphatic carbocycles. The van der Waals surface area contributed by atoms with Crippen molar-refractivity contribution in [3.8, 4) is 5.69 Å². The third-order valence-electron chi connectivity index (χ3n) is 4.93. The van der Waals surface area contributed by atoms with E-state index in [1.165, 1.54) is 0 Å². The van der Waals surface area contributed by atoms with Crippen LogP contribution >= 0.6 is 0 Å². The van der Waals surface area contributed by atoms with E-state index in [9.17, 15) is 4.79 Å². The maximum atomic E-state index is 12.5. The molecule has 7 heteroatoms. The van der Waals surface area contributed by atoms with Gasteiger partial charge in [-0.3, -0.25) is 4.79 Å². The highest BCUT2D eigenvalue weighted by Crippen LogP contribution is 2.18. The van der Waals surface area contributed by atoms with E-state index >= 15 is 0 Å². The Morgan fingerprint density at radius 3 is 2.59 bits per heavy atom. The van der Waals surface area contributed by atoms with Crippen molar-refractivity contribution in [1.82, 2.24) is 24.5 Å². The lowest BCUT2D eigenvalue weighted by molar-refractivity contribution is 0.0955. The molecule has 0 radical (unpaired) electrons. The average molecular weight is 386 g/mol. The second-order valence-electron chi connectivity index (χ2n) is 6.76. The monoisotopic (exact) mass is 386 g/mol. The molecule has 4 aromatic rings. The number of benzene rings is 2. The Hall–Kier alpha value is -3.74. The molecule has 0 bridgehead atoms. The highest BCUT2D eigenvalue weighted by atomic mass is 16.2. The van der Waals surface area contributed by atoms with E-state index < -0.39 is 0 Å². The van der Waals surface area contributed by atoms with Crippen molar-refractivity contribution >= 4 is 22.7 Å². The quantitative estimate of drug-likeness (QED) is 0.420. The molecule has 146 valence electrons. The molecule has 0 unspecified atom stereocenters. The first-order valence-corrected chi connectivity index (χ1v) is 9.47. The summed E-state index contributed by atoms with van der Waals surface area (Å²) in [6, 6.07) is 13.4. The molecule has 29 heavy (non-hydrogen) atoms. The number of hydrogen-bond donors (Lipinski definition) is 1. The Kier molecular flexibility index (Phi) is 4.95. The van der Waals surface area contributed by atoms with Gasteiger partial charge in [-0.15, -0.1) is 0 Å². The van der Waals surface area contributed by atoms with Crippen molar-refractivity contribution in [3.63, 3.8) is 0 Å². The molecule has 0 fully saturated rings. The molecule has 0 aliphatic heterocycles. The molecule has 0 saturated heterocycles. The average Bonchev–Trinajstić information content (AvgIpc) is 3.38. The number of aromatic nitrogens is 4. The number of nitrogens with zero attached hydrogens (tertiary/aromatic N) is 5. The van der Waals surface area contributed by atoms with Crippen LogP contribution in [0.25, 0.3) is 16.7 Å². The molecule has 7 nitrogen and oxygen atoms in total. The molecular formula is C22H22N6O. The Balaban J connectivity index is 1.49. The summed E-state index contributed by atoms with van der Waals surface area (Å²) in [7, 11) is 0. The van der Waals surface area contributed by atoms with Crippen molar-refractivity contribution in [2.45, 2.75) is 27.3 Å². The van der Waals surface area contributed by atoms with Gasteiger partial charge in [0.15, 0.2) is 0 Å². The van der Waals surface area contributed by atoms with E-state index in [2.05, 4.69) is 32.0 Å². The van der Waals surface area contributed by atoms with Crippen LogP contribution in [0.3, 0.4) is 0 Å². The van der Waals surface area contributed by atoms with Crippen molar-refractivity contribution in [1.29, 1.82) is 0 Å². The lowest BCUT2D eigenvalue weighted by Gasteiger charge is -2.06. The van der Waals surface area contributed by atoms with Gasteiger partial charge in [-0.25, -0.2) is 15.4 Å². The van der Waals surface area contributed by atoms with Gasteiger partial charge in [-0.05, 0) is 56.7 Å². The number of carbonyl (C=O) groups excluding carboxylic acids is 1. The standard InChI is InChI=1S/C22H22N6O/c1-4-28-16(3)24-20-13-18(7-10-21(20)28)22(29)26-25-15(2)17-5-8-19(9-6-17)27-12-11-23-14-27/h5-14H,4H2,1-3H3,(H,26,29). The van der Waals surface area contributed by atoms with Gasteiger partial charge in [0, 0.05) is 30.2 Å². The molecule has 2 aromatic carbocycles. The lowest BCUT2D eigenvalue weighted by atomic mass is 10.1. The summed E-state index contributed by atoms with van der Waals surface area (Å²) >= 11 is 0. The first-order valence-electron chi connectivity index (χ1n) is 9.47. The van der Waals surface area contributed by atoms with Gasteiger partial charge in [0.05, 0.1) is 23.1 Å². The summed E-state index contributed by atoms with van der Waals surface area (Å²) in [5.74, 6) is 0.679. The summed E-state index contributed by atoms with van der Waals surface area (Å²) < 4.78 is 4.04. The second-order valence-corrected chi connectivity index (χ2v) is 6.76. The zero-order chi connectivity index (χ0) is 20.4.